The van der Waals surface area contributed by atoms with Gasteiger partial charge in [-0.15, -0.1) is 5.10 Å². The molecular weight excluding hydrogens is 228 g/mol. The lowest BCUT2D eigenvalue weighted by atomic mass is 10.2. The first-order chi connectivity index (χ1) is 7.70. The maximum absolute atomic E-state index is 5.57. The van der Waals surface area contributed by atoms with Gasteiger partial charge in [0.25, 0.3) is 0 Å². The second kappa shape index (κ2) is 6.51. The van der Waals surface area contributed by atoms with Crippen molar-refractivity contribution in [2.24, 2.45) is 5.73 Å². The third-order valence-corrected chi connectivity index (χ3v) is 2.31. The van der Waals surface area contributed by atoms with E-state index in [1.54, 1.807) is 18.9 Å². The number of aromatic nitrogens is 3. The average molecular weight is 244 g/mol. The third-order valence-electron chi connectivity index (χ3n) is 2.12. The summed E-state index contributed by atoms with van der Waals surface area (Å²) in [7, 11) is 3.28. The summed E-state index contributed by atoms with van der Waals surface area (Å²) in [5, 5.41) is 7.95. The highest BCUT2D eigenvalue weighted by Crippen LogP contribution is 2.06. The molecule has 6 nitrogen and oxygen atoms in total. The van der Waals surface area contributed by atoms with Gasteiger partial charge in [-0.05, 0) is 0 Å². The largest absolute Gasteiger partial charge is 0.388 e. The Labute approximate surface area is 99.7 Å². The van der Waals surface area contributed by atoms with Gasteiger partial charge in [-0.2, -0.15) is 0 Å². The van der Waals surface area contributed by atoms with Crippen LogP contribution in [0.1, 0.15) is 11.4 Å². The first kappa shape index (κ1) is 13.0. The van der Waals surface area contributed by atoms with Crippen molar-refractivity contribution < 1.29 is 9.47 Å². The van der Waals surface area contributed by atoms with Crippen molar-refractivity contribution in [3.63, 3.8) is 0 Å². The molecule has 0 aliphatic carbocycles. The van der Waals surface area contributed by atoms with Gasteiger partial charge in [0.05, 0.1) is 25.5 Å². The van der Waals surface area contributed by atoms with Crippen molar-refractivity contribution in [2.45, 2.75) is 13.0 Å². The molecule has 1 aromatic rings. The maximum atomic E-state index is 5.57. The average Bonchev–Trinajstić information content (AvgIpc) is 2.66. The molecule has 0 saturated heterocycles. The standard InChI is InChI=1S/C9H16N4O2S/c1-14-5-3-7-8(9(10)16)11-12-13(7)4-6-15-2/h3-6H2,1-2H3,(H2,10,16). The predicted octanol–water partition coefficient (Wildman–Crippen LogP) is -0.252. The molecule has 7 heteroatoms. The minimum absolute atomic E-state index is 0.259. The lowest BCUT2D eigenvalue weighted by Gasteiger charge is -2.06. The third kappa shape index (κ3) is 3.22. The fraction of sp³-hybridized carbons (Fsp3) is 0.667. The van der Waals surface area contributed by atoms with E-state index in [1.165, 1.54) is 0 Å². The molecule has 90 valence electrons. The van der Waals surface area contributed by atoms with Crippen LogP contribution in [0.2, 0.25) is 0 Å². The van der Waals surface area contributed by atoms with Crippen molar-refractivity contribution in [1.29, 1.82) is 0 Å². The highest BCUT2D eigenvalue weighted by molar-refractivity contribution is 7.80. The molecule has 0 aliphatic rings. The van der Waals surface area contributed by atoms with Crippen molar-refractivity contribution >= 4 is 17.2 Å². The number of nitrogens with zero attached hydrogens (tertiary/aromatic N) is 3. The Kier molecular flexibility index (Phi) is 5.30. The SMILES string of the molecule is COCCc1c(C(N)=S)nnn1CCOC. The summed E-state index contributed by atoms with van der Waals surface area (Å²) in [6.07, 6.45) is 0.680. The molecule has 0 aromatic carbocycles. The molecule has 0 bridgehead atoms. The van der Waals surface area contributed by atoms with E-state index < -0.39 is 0 Å². The number of hydrogen-bond donors (Lipinski definition) is 1. The van der Waals surface area contributed by atoms with Crippen LogP contribution in [0.3, 0.4) is 0 Å². The molecule has 1 heterocycles. The minimum atomic E-state index is 0.259. The second-order valence-electron chi connectivity index (χ2n) is 3.21. The van der Waals surface area contributed by atoms with Crippen molar-refractivity contribution in [3.05, 3.63) is 11.4 Å². The van der Waals surface area contributed by atoms with Crippen LogP contribution in [-0.2, 0) is 22.4 Å². The van der Waals surface area contributed by atoms with E-state index in [4.69, 9.17) is 27.4 Å². The van der Waals surface area contributed by atoms with Crippen LogP contribution < -0.4 is 5.73 Å². The smallest absolute Gasteiger partial charge is 0.143 e. The zero-order valence-electron chi connectivity index (χ0n) is 9.47. The summed E-state index contributed by atoms with van der Waals surface area (Å²) in [5.74, 6) is 0. The first-order valence-electron chi connectivity index (χ1n) is 4.90. The van der Waals surface area contributed by atoms with E-state index in [2.05, 4.69) is 10.3 Å². The quantitative estimate of drug-likeness (QED) is 0.666. The highest BCUT2D eigenvalue weighted by atomic mass is 32.1. The van der Waals surface area contributed by atoms with Crippen molar-refractivity contribution in [3.8, 4) is 0 Å². The van der Waals surface area contributed by atoms with Crippen LogP contribution in [-0.4, -0.2) is 47.4 Å². The fourth-order valence-electron chi connectivity index (χ4n) is 1.33. The Balaban J connectivity index is 2.85. The van der Waals surface area contributed by atoms with Crippen LogP contribution in [0.5, 0.6) is 0 Å². The Bertz CT molecular complexity index is 353. The van der Waals surface area contributed by atoms with Crippen LogP contribution in [0, 0.1) is 0 Å². The monoisotopic (exact) mass is 244 g/mol. The number of hydrogen-bond acceptors (Lipinski definition) is 5. The maximum Gasteiger partial charge on any atom is 0.143 e. The summed E-state index contributed by atoms with van der Waals surface area (Å²) in [6, 6.07) is 0. The van der Waals surface area contributed by atoms with Crippen LogP contribution in [0.25, 0.3) is 0 Å². The van der Waals surface area contributed by atoms with E-state index >= 15 is 0 Å². The molecule has 0 fully saturated rings. The molecule has 0 saturated carbocycles. The summed E-state index contributed by atoms with van der Waals surface area (Å²) in [4.78, 5) is 0.259. The molecule has 0 atom stereocenters. The minimum Gasteiger partial charge on any atom is -0.388 e. The molecule has 0 amide bonds. The second-order valence-corrected chi connectivity index (χ2v) is 3.65. The van der Waals surface area contributed by atoms with Gasteiger partial charge < -0.3 is 15.2 Å². The van der Waals surface area contributed by atoms with Gasteiger partial charge in [-0.3, -0.25) is 0 Å². The van der Waals surface area contributed by atoms with Gasteiger partial charge in [0.2, 0.25) is 0 Å². The Morgan fingerprint density at radius 1 is 1.38 bits per heavy atom. The van der Waals surface area contributed by atoms with Crippen molar-refractivity contribution in [2.75, 3.05) is 27.4 Å². The molecule has 1 rings (SSSR count). The molecule has 0 unspecified atom stereocenters. The zero-order chi connectivity index (χ0) is 12.0. The van der Waals surface area contributed by atoms with Crippen LogP contribution >= 0.6 is 12.2 Å². The number of thiocarbonyl (C=S) groups is 1. The van der Waals surface area contributed by atoms with Crippen molar-refractivity contribution in [1.82, 2.24) is 15.0 Å². The number of ether oxygens (including phenoxy) is 2. The normalized spacial score (nSPS) is 10.6. The number of nitrogens with two attached hydrogens (primary N) is 1. The topological polar surface area (TPSA) is 75.2 Å². The number of rotatable bonds is 7. The van der Waals surface area contributed by atoms with Gasteiger partial charge >= 0.3 is 0 Å². The summed E-state index contributed by atoms with van der Waals surface area (Å²) < 4.78 is 11.8. The molecule has 16 heavy (non-hydrogen) atoms. The Morgan fingerprint density at radius 2 is 2.06 bits per heavy atom. The van der Waals surface area contributed by atoms with Gasteiger partial charge in [0, 0.05) is 20.6 Å². The van der Waals surface area contributed by atoms with E-state index in [1.807, 2.05) is 0 Å². The van der Waals surface area contributed by atoms with Gasteiger partial charge in [0.1, 0.15) is 10.7 Å². The van der Waals surface area contributed by atoms with Gasteiger partial charge in [0.15, 0.2) is 0 Å². The summed E-state index contributed by atoms with van der Waals surface area (Å²) >= 11 is 4.92. The van der Waals surface area contributed by atoms with E-state index in [-0.39, 0.29) is 4.99 Å². The lowest BCUT2D eigenvalue weighted by molar-refractivity contribution is 0.178. The van der Waals surface area contributed by atoms with Crippen LogP contribution in [0.15, 0.2) is 0 Å². The predicted molar refractivity (Wildman–Crippen MR) is 63.4 cm³/mol. The van der Waals surface area contributed by atoms with Gasteiger partial charge in [-0.1, -0.05) is 17.4 Å². The molecule has 0 spiro atoms. The van der Waals surface area contributed by atoms with Crippen LogP contribution in [0.4, 0.5) is 0 Å². The molecule has 0 aliphatic heterocycles. The molecular formula is C9H16N4O2S. The van der Waals surface area contributed by atoms with E-state index in [0.29, 0.717) is 31.9 Å². The van der Waals surface area contributed by atoms with Gasteiger partial charge in [-0.25, -0.2) is 4.68 Å². The Hall–Kier alpha value is -1.05. The molecule has 0 radical (unpaired) electrons. The zero-order valence-corrected chi connectivity index (χ0v) is 10.3. The lowest BCUT2D eigenvalue weighted by Crippen LogP contribution is -2.16. The summed E-state index contributed by atoms with van der Waals surface area (Å²) in [6.45, 7) is 1.78. The number of methoxy groups -OCH3 is 2. The molecule has 2 N–H and O–H groups in total. The fourth-order valence-corrected chi connectivity index (χ4v) is 1.49. The highest BCUT2D eigenvalue weighted by Gasteiger charge is 2.14. The Morgan fingerprint density at radius 3 is 2.62 bits per heavy atom. The van der Waals surface area contributed by atoms with E-state index in [0.717, 1.165) is 5.69 Å². The van der Waals surface area contributed by atoms with E-state index in [9.17, 15) is 0 Å². The molecule has 1 aromatic heterocycles. The summed E-state index contributed by atoms with van der Waals surface area (Å²) in [5.41, 5.74) is 7.04. The first-order valence-corrected chi connectivity index (χ1v) is 5.31.